The minimum Gasteiger partial charge on any atom is -0.479 e. The predicted octanol–water partition coefficient (Wildman–Crippen LogP) is -1.30. The van der Waals surface area contributed by atoms with Crippen LogP contribution in [0.15, 0.2) is 0 Å². The van der Waals surface area contributed by atoms with Gasteiger partial charge in [0.2, 0.25) is 0 Å². The lowest BCUT2D eigenvalue weighted by Gasteiger charge is -2.09. The minimum atomic E-state index is -1.58. The van der Waals surface area contributed by atoms with E-state index in [2.05, 4.69) is 0 Å². The molecule has 7 heavy (non-hydrogen) atoms. The third-order valence-corrected chi connectivity index (χ3v) is 0.461. The zero-order valence-corrected chi connectivity index (χ0v) is 4.01. The van der Waals surface area contributed by atoms with E-state index in [1.165, 1.54) is 6.92 Å². The van der Waals surface area contributed by atoms with Gasteiger partial charge in [0, 0.05) is 0 Å². The highest BCUT2D eigenvalue weighted by atomic mass is 16.4. The van der Waals surface area contributed by atoms with E-state index < -0.39 is 11.6 Å². The van der Waals surface area contributed by atoms with Crippen LogP contribution in [0.3, 0.4) is 0 Å². The van der Waals surface area contributed by atoms with Crippen molar-refractivity contribution in [3.8, 4) is 0 Å². The van der Waals surface area contributed by atoms with Gasteiger partial charge in [-0.15, -0.1) is 0 Å². The summed E-state index contributed by atoms with van der Waals surface area (Å²) in [6.45, 7) is 1.22. The van der Waals surface area contributed by atoms with Gasteiger partial charge < -0.3 is 16.6 Å². The van der Waals surface area contributed by atoms with Crippen LogP contribution in [-0.2, 0) is 4.79 Å². The molecule has 4 heteroatoms. The Hall–Kier alpha value is -0.610. The number of rotatable bonds is 1. The van der Waals surface area contributed by atoms with E-state index in [-0.39, 0.29) is 0 Å². The number of nitrogens with two attached hydrogens (primary N) is 2. The summed E-state index contributed by atoms with van der Waals surface area (Å²) in [6.07, 6.45) is 0. The van der Waals surface area contributed by atoms with Gasteiger partial charge in [-0.05, 0) is 6.92 Å². The van der Waals surface area contributed by atoms with Crippen LogP contribution in [0.25, 0.3) is 0 Å². The zero-order valence-electron chi connectivity index (χ0n) is 4.01. The van der Waals surface area contributed by atoms with Gasteiger partial charge in [-0.2, -0.15) is 0 Å². The third kappa shape index (κ3) is 2.13. The zero-order chi connectivity index (χ0) is 6.08. The van der Waals surface area contributed by atoms with Crippen LogP contribution in [0, 0.1) is 0 Å². The maximum absolute atomic E-state index is 9.77. The van der Waals surface area contributed by atoms with Crippen molar-refractivity contribution in [1.29, 1.82) is 0 Å². The molecule has 0 aliphatic rings. The highest BCUT2D eigenvalue weighted by Crippen LogP contribution is 1.82. The van der Waals surface area contributed by atoms with E-state index >= 15 is 0 Å². The van der Waals surface area contributed by atoms with Gasteiger partial charge in [0.25, 0.3) is 0 Å². The Labute approximate surface area is 41.1 Å². The normalized spacial score (nSPS) is 11.3. The van der Waals surface area contributed by atoms with Crippen LogP contribution in [0.5, 0.6) is 0 Å². The molecule has 4 nitrogen and oxygen atoms in total. The van der Waals surface area contributed by atoms with E-state index in [1.807, 2.05) is 0 Å². The number of hydrogen-bond donors (Lipinski definition) is 3. The van der Waals surface area contributed by atoms with Gasteiger partial charge in [0.05, 0.1) is 0 Å². The summed E-state index contributed by atoms with van der Waals surface area (Å²) in [5, 5.41) is 8.00. The van der Waals surface area contributed by atoms with Gasteiger partial charge >= 0.3 is 5.97 Å². The lowest BCUT2D eigenvalue weighted by molar-refractivity contribution is -0.142. The monoisotopic (exact) mass is 104 g/mol. The summed E-state index contributed by atoms with van der Waals surface area (Å²) < 4.78 is 0. The topological polar surface area (TPSA) is 89.3 Å². The molecule has 0 saturated heterocycles. The molecule has 0 aromatic carbocycles. The Bertz CT molecular complexity index is 83.4. The molecular formula is C3H8N2O2. The van der Waals surface area contributed by atoms with E-state index in [0.717, 1.165) is 0 Å². The SMILES string of the molecule is CC(N)(N)C(=O)O. The lowest BCUT2D eigenvalue weighted by atomic mass is 10.2. The van der Waals surface area contributed by atoms with Crippen LogP contribution in [-0.4, -0.2) is 16.7 Å². The standard InChI is InChI=1S/C3H8N2O2/c1-3(4,5)2(6)7/h4-5H2,1H3,(H,6,7). The second-order valence-electron chi connectivity index (χ2n) is 1.59. The average Bonchev–Trinajstić information content (AvgIpc) is 1.31. The van der Waals surface area contributed by atoms with Crippen LogP contribution >= 0.6 is 0 Å². The second kappa shape index (κ2) is 1.48. The quantitative estimate of drug-likeness (QED) is 0.361. The number of aliphatic carboxylic acids is 1. The second-order valence-corrected chi connectivity index (χ2v) is 1.59. The van der Waals surface area contributed by atoms with Crippen molar-refractivity contribution in [2.75, 3.05) is 0 Å². The first-order valence-electron chi connectivity index (χ1n) is 1.76. The summed E-state index contributed by atoms with van der Waals surface area (Å²) >= 11 is 0. The summed E-state index contributed by atoms with van der Waals surface area (Å²) in [4.78, 5) is 9.77. The minimum absolute atomic E-state index is 1.20. The molecule has 5 N–H and O–H groups in total. The Morgan fingerprint density at radius 3 is 1.86 bits per heavy atom. The number of carboxylic acid groups (broad SMARTS) is 1. The molecule has 0 heterocycles. The molecule has 0 aromatic rings. The predicted molar refractivity (Wildman–Crippen MR) is 24.4 cm³/mol. The van der Waals surface area contributed by atoms with Crippen LogP contribution in [0.1, 0.15) is 6.92 Å². The van der Waals surface area contributed by atoms with Crippen LogP contribution < -0.4 is 11.5 Å². The smallest absolute Gasteiger partial charge is 0.338 e. The Morgan fingerprint density at radius 1 is 1.71 bits per heavy atom. The molecule has 0 aliphatic heterocycles. The molecule has 0 unspecified atom stereocenters. The van der Waals surface area contributed by atoms with Gasteiger partial charge in [-0.25, -0.2) is 4.79 Å². The molecular weight excluding hydrogens is 96.0 g/mol. The molecule has 0 radical (unpaired) electrons. The van der Waals surface area contributed by atoms with Crippen molar-refractivity contribution >= 4 is 5.97 Å². The Balaban J connectivity index is 3.79. The molecule has 0 fully saturated rings. The van der Waals surface area contributed by atoms with Crippen LogP contribution in [0.4, 0.5) is 0 Å². The highest BCUT2D eigenvalue weighted by molar-refractivity contribution is 5.76. The van der Waals surface area contributed by atoms with Gasteiger partial charge in [-0.3, -0.25) is 0 Å². The Morgan fingerprint density at radius 2 is 1.86 bits per heavy atom. The lowest BCUT2D eigenvalue weighted by Crippen LogP contribution is -2.53. The van der Waals surface area contributed by atoms with Crippen molar-refractivity contribution in [2.45, 2.75) is 12.6 Å². The number of carboxylic acids is 1. The average molecular weight is 104 g/mol. The number of carbonyl (C=O) groups is 1. The summed E-state index contributed by atoms with van der Waals surface area (Å²) in [6, 6.07) is 0. The third-order valence-electron chi connectivity index (χ3n) is 0.461. The van der Waals surface area contributed by atoms with Crippen molar-refractivity contribution in [3.63, 3.8) is 0 Å². The molecule has 42 valence electrons. The molecule has 0 spiro atoms. The first kappa shape index (κ1) is 6.39. The van der Waals surface area contributed by atoms with E-state index in [1.54, 1.807) is 0 Å². The fourth-order valence-corrected chi connectivity index (χ4v) is 0. The van der Waals surface area contributed by atoms with Gasteiger partial charge in [-0.1, -0.05) is 0 Å². The molecule has 0 amide bonds. The summed E-state index contributed by atoms with van der Waals surface area (Å²) in [5.41, 5.74) is 8.13. The van der Waals surface area contributed by atoms with Crippen molar-refractivity contribution < 1.29 is 9.90 Å². The maximum Gasteiger partial charge on any atom is 0.338 e. The summed E-state index contributed by atoms with van der Waals surface area (Å²) in [7, 11) is 0. The van der Waals surface area contributed by atoms with Crippen molar-refractivity contribution in [3.05, 3.63) is 0 Å². The van der Waals surface area contributed by atoms with E-state index in [4.69, 9.17) is 16.6 Å². The van der Waals surface area contributed by atoms with Gasteiger partial charge in [0.15, 0.2) is 5.66 Å². The summed E-state index contributed by atoms with van der Waals surface area (Å²) in [5.74, 6) is -1.20. The first-order valence-corrected chi connectivity index (χ1v) is 1.76. The largest absolute Gasteiger partial charge is 0.479 e. The van der Waals surface area contributed by atoms with Crippen molar-refractivity contribution in [1.82, 2.24) is 0 Å². The molecule has 0 saturated carbocycles. The maximum atomic E-state index is 9.77. The molecule has 0 aliphatic carbocycles. The molecule has 0 bridgehead atoms. The molecule has 0 aromatic heterocycles. The van der Waals surface area contributed by atoms with Gasteiger partial charge in [0.1, 0.15) is 0 Å². The molecule has 0 rings (SSSR count). The first-order chi connectivity index (χ1) is 2.94. The highest BCUT2D eigenvalue weighted by Gasteiger charge is 2.20. The Kier molecular flexibility index (Phi) is 1.35. The fraction of sp³-hybridized carbons (Fsp3) is 0.667. The van der Waals surface area contributed by atoms with Crippen molar-refractivity contribution in [2.24, 2.45) is 11.5 Å². The fourth-order valence-electron chi connectivity index (χ4n) is 0. The van der Waals surface area contributed by atoms with Crippen LogP contribution in [0.2, 0.25) is 0 Å². The van der Waals surface area contributed by atoms with E-state index in [9.17, 15) is 4.79 Å². The van der Waals surface area contributed by atoms with E-state index in [0.29, 0.717) is 0 Å². The number of hydrogen-bond acceptors (Lipinski definition) is 3. The molecule has 0 atom stereocenters.